The fourth-order valence-corrected chi connectivity index (χ4v) is 4.38. The van der Waals surface area contributed by atoms with Crippen LogP contribution in [0.15, 0.2) is 47.1 Å². The molecule has 0 atom stereocenters. The molecule has 0 unspecified atom stereocenters. The van der Waals surface area contributed by atoms with Crippen LogP contribution in [0.5, 0.6) is 0 Å². The Morgan fingerprint density at radius 2 is 1.91 bits per heavy atom. The van der Waals surface area contributed by atoms with E-state index in [1.165, 1.54) is 0 Å². The molecule has 3 aromatic rings. The number of anilines is 2. The van der Waals surface area contributed by atoms with Crippen LogP contribution in [0.2, 0.25) is 5.02 Å². The van der Waals surface area contributed by atoms with Gasteiger partial charge in [-0.05, 0) is 43.2 Å². The van der Waals surface area contributed by atoms with Crippen molar-refractivity contribution < 1.29 is 14.1 Å². The molecule has 0 saturated carbocycles. The number of ether oxygens (including phenoxy) is 1. The van der Waals surface area contributed by atoms with E-state index in [4.69, 9.17) is 20.9 Å². The number of halogens is 1. The maximum absolute atomic E-state index is 13.0. The molecule has 4 heterocycles. The number of hydrogen-bond donors (Lipinski definition) is 1. The Hall–Kier alpha value is -3.17. The van der Waals surface area contributed by atoms with E-state index in [1.807, 2.05) is 35.2 Å². The van der Waals surface area contributed by atoms with Gasteiger partial charge in [0.2, 0.25) is 11.7 Å². The van der Waals surface area contributed by atoms with Crippen molar-refractivity contribution in [3.8, 4) is 11.5 Å². The standard InChI is InChI=1S/C23H25ClN6O3/c24-17-4-5-20(29-11-13-32-14-12-29)19(15-17)26-23(31)30-9-6-16(7-10-30)22-27-21(28-33-22)18-3-1-2-8-25-18/h1-5,8,15-16H,6-7,9-14H2,(H,26,31). The average molecular weight is 469 g/mol. The Kier molecular flexibility index (Phi) is 6.41. The lowest BCUT2D eigenvalue weighted by Crippen LogP contribution is -2.41. The van der Waals surface area contributed by atoms with E-state index in [1.54, 1.807) is 12.3 Å². The minimum absolute atomic E-state index is 0.120. The highest BCUT2D eigenvalue weighted by Gasteiger charge is 2.28. The van der Waals surface area contributed by atoms with Gasteiger partial charge in [0.05, 0.1) is 24.6 Å². The van der Waals surface area contributed by atoms with Gasteiger partial charge in [-0.3, -0.25) is 4.98 Å². The number of carbonyl (C=O) groups excluding carboxylic acids is 1. The topological polar surface area (TPSA) is 96.6 Å². The van der Waals surface area contributed by atoms with Crippen LogP contribution in [0.1, 0.15) is 24.7 Å². The Morgan fingerprint density at radius 1 is 1.09 bits per heavy atom. The first kappa shape index (κ1) is 21.7. The molecule has 2 aromatic heterocycles. The van der Waals surface area contributed by atoms with Crippen molar-refractivity contribution in [1.82, 2.24) is 20.0 Å². The molecular formula is C23H25ClN6O3. The number of carbonyl (C=O) groups is 1. The summed E-state index contributed by atoms with van der Waals surface area (Å²) in [4.78, 5) is 25.8. The van der Waals surface area contributed by atoms with Crippen molar-refractivity contribution in [3.05, 3.63) is 53.5 Å². The normalized spacial score (nSPS) is 17.2. The van der Waals surface area contributed by atoms with Crippen LogP contribution in [0.4, 0.5) is 16.2 Å². The smallest absolute Gasteiger partial charge is 0.321 e. The van der Waals surface area contributed by atoms with Crippen LogP contribution in [0, 0.1) is 0 Å². The van der Waals surface area contributed by atoms with Gasteiger partial charge in [-0.2, -0.15) is 4.98 Å². The van der Waals surface area contributed by atoms with Crippen molar-refractivity contribution in [3.63, 3.8) is 0 Å². The van der Waals surface area contributed by atoms with Gasteiger partial charge in [0.15, 0.2) is 0 Å². The number of likely N-dealkylation sites (tertiary alicyclic amines) is 1. The molecule has 2 aliphatic heterocycles. The molecule has 0 bridgehead atoms. The van der Waals surface area contributed by atoms with Crippen molar-refractivity contribution in [2.75, 3.05) is 49.6 Å². The van der Waals surface area contributed by atoms with E-state index in [0.717, 1.165) is 31.6 Å². The molecule has 2 saturated heterocycles. The summed E-state index contributed by atoms with van der Waals surface area (Å²) in [7, 11) is 0. The van der Waals surface area contributed by atoms with Crippen LogP contribution >= 0.6 is 11.6 Å². The Labute approximate surface area is 196 Å². The lowest BCUT2D eigenvalue weighted by Gasteiger charge is -2.33. The predicted octanol–water partition coefficient (Wildman–Crippen LogP) is 4.03. The summed E-state index contributed by atoms with van der Waals surface area (Å²) in [5.74, 6) is 1.21. The molecule has 0 radical (unpaired) electrons. The van der Waals surface area contributed by atoms with Gasteiger partial charge in [-0.1, -0.05) is 22.8 Å². The van der Waals surface area contributed by atoms with Gasteiger partial charge in [0.25, 0.3) is 0 Å². The molecule has 172 valence electrons. The molecule has 1 N–H and O–H groups in total. The van der Waals surface area contributed by atoms with Gasteiger partial charge in [-0.15, -0.1) is 0 Å². The molecule has 9 nitrogen and oxygen atoms in total. The Balaban J connectivity index is 1.21. The first-order valence-corrected chi connectivity index (χ1v) is 11.5. The van der Waals surface area contributed by atoms with Crippen molar-refractivity contribution in [2.45, 2.75) is 18.8 Å². The summed E-state index contributed by atoms with van der Waals surface area (Å²) < 4.78 is 10.9. The van der Waals surface area contributed by atoms with E-state index >= 15 is 0 Å². The van der Waals surface area contributed by atoms with Crippen LogP contribution < -0.4 is 10.2 Å². The first-order chi connectivity index (χ1) is 16.2. The third kappa shape index (κ3) is 4.94. The predicted molar refractivity (Wildman–Crippen MR) is 125 cm³/mol. The molecule has 10 heteroatoms. The number of hydrogen-bond acceptors (Lipinski definition) is 7. The van der Waals surface area contributed by atoms with Crippen LogP contribution in [0.25, 0.3) is 11.5 Å². The quantitative estimate of drug-likeness (QED) is 0.617. The van der Waals surface area contributed by atoms with E-state index in [2.05, 4.69) is 25.3 Å². The number of piperidine rings is 1. The van der Waals surface area contributed by atoms with E-state index < -0.39 is 0 Å². The number of urea groups is 1. The maximum atomic E-state index is 13.0. The van der Waals surface area contributed by atoms with Crippen molar-refractivity contribution in [2.24, 2.45) is 0 Å². The molecular weight excluding hydrogens is 444 g/mol. The molecule has 2 fully saturated rings. The minimum Gasteiger partial charge on any atom is -0.378 e. The Morgan fingerprint density at radius 3 is 2.67 bits per heavy atom. The fraction of sp³-hybridized carbons (Fsp3) is 0.391. The summed E-state index contributed by atoms with van der Waals surface area (Å²) in [5, 5.41) is 7.71. The molecule has 1 aromatic carbocycles. The van der Waals surface area contributed by atoms with Crippen molar-refractivity contribution >= 4 is 29.0 Å². The third-order valence-corrected chi connectivity index (χ3v) is 6.25. The third-order valence-electron chi connectivity index (χ3n) is 6.02. The number of nitrogens with one attached hydrogen (secondary N) is 1. The molecule has 33 heavy (non-hydrogen) atoms. The lowest BCUT2D eigenvalue weighted by atomic mass is 9.97. The second-order valence-electron chi connectivity index (χ2n) is 8.12. The van der Waals surface area contributed by atoms with Gasteiger partial charge in [-0.25, -0.2) is 4.79 Å². The highest BCUT2D eigenvalue weighted by atomic mass is 35.5. The van der Waals surface area contributed by atoms with Crippen LogP contribution in [-0.2, 0) is 4.74 Å². The largest absolute Gasteiger partial charge is 0.378 e. The SMILES string of the molecule is O=C(Nc1cc(Cl)ccc1N1CCOCC1)N1CCC(c2nc(-c3ccccn3)no2)CC1. The summed E-state index contributed by atoms with van der Waals surface area (Å²) in [5.41, 5.74) is 2.36. The number of amides is 2. The second-order valence-corrected chi connectivity index (χ2v) is 8.56. The molecule has 0 aliphatic carbocycles. The number of aromatic nitrogens is 3. The second kappa shape index (κ2) is 9.76. The lowest BCUT2D eigenvalue weighted by molar-refractivity contribution is 0.123. The number of benzene rings is 1. The summed E-state index contributed by atoms with van der Waals surface area (Å²) in [6.45, 7) is 4.10. The molecule has 2 aliphatic rings. The number of pyridine rings is 1. The Bertz CT molecular complexity index is 1090. The molecule has 5 rings (SSSR count). The number of nitrogens with zero attached hydrogens (tertiary/aromatic N) is 5. The fourth-order valence-electron chi connectivity index (χ4n) is 4.21. The maximum Gasteiger partial charge on any atom is 0.321 e. The van der Waals surface area contributed by atoms with Crippen molar-refractivity contribution in [1.29, 1.82) is 0 Å². The minimum atomic E-state index is -0.134. The van der Waals surface area contributed by atoms with Crippen LogP contribution in [0.3, 0.4) is 0 Å². The zero-order valence-corrected chi connectivity index (χ0v) is 18.9. The van der Waals surface area contributed by atoms with Crippen LogP contribution in [-0.4, -0.2) is 65.4 Å². The first-order valence-electron chi connectivity index (χ1n) is 11.1. The van der Waals surface area contributed by atoms with E-state index in [9.17, 15) is 4.79 Å². The summed E-state index contributed by atoms with van der Waals surface area (Å²) in [6.07, 6.45) is 3.21. The summed E-state index contributed by atoms with van der Waals surface area (Å²) in [6, 6.07) is 11.0. The molecule has 0 spiro atoms. The van der Waals surface area contributed by atoms with Gasteiger partial charge in [0.1, 0.15) is 5.69 Å². The molecule has 2 amide bonds. The highest BCUT2D eigenvalue weighted by Crippen LogP contribution is 2.32. The van der Waals surface area contributed by atoms with Gasteiger partial charge in [0, 0.05) is 43.3 Å². The number of rotatable bonds is 4. The number of morpholine rings is 1. The van der Waals surface area contributed by atoms with E-state index in [0.29, 0.717) is 54.4 Å². The van der Waals surface area contributed by atoms with Gasteiger partial charge < -0.3 is 24.4 Å². The monoisotopic (exact) mass is 468 g/mol. The zero-order chi connectivity index (χ0) is 22.6. The zero-order valence-electron chi connectivity index (χ0n) is 18.1. The highest BCUT2D eigenvalue weighted by molar-refractivity contribution is 6.31. The summed E-state index contributed by atoms with van der Waals surface area (Å²) >= 11 is 6.22. The van der Waals surface area contributed by atoms with Gasteiger partial charge >= 0.3 is 6.03 Å². The van der Waals surface area contributed by atoms with E-state index in [-0.39, 0.29) is 11.9 Å². The average Bonchev–Trinajstić information content (AvgIpc) is 3.36.